The summed E-state index contributed by atoms with van der Waals surface area (Å²) in [6.45, 7) is 2.13. The second-order valence-corrected chi connectivity index (χ2v) is 7.66. The third-order valence-electron chi connectivity index (χ3n) is 5.41. The molecule has 28 heavy (non-hydrogen) atoms. The first-order valence-corrected chi connectivity index (χ1v) is 9.92. The van der Waals surface area contributed by atoms with E-state index >= 15 is 0 Å². The molecule has 0 bridgehead atoms. The van der Waals surface area contributed by atoms with Gasteiger partial charge in [0, 0.05) is 25.2 Å². The van der Waals surface area contributed by atoms with Gasteiger partial charge < -0.3 is 15.0 Å². The molecule has 1 N–H and O–H groups in total. The van der Waals surface area contributed by atoms with Gasteiger partial charge in [0.2, 0.25) is 0 Å². The quantitative estimate of drug-likeness (QED) is 0.775. The summed E-state index contributed by atoms with van der Waals surface area (Å²) >= 11 is 6.36. The van der Waals surface area contributed by atoms with Crippen LogP contribution in [0.3, 0.4) is 0 Å². The number of nitrogens with one attached hydrogen (secondary N) is 1. The predicted molar refractivity (Wildman–Crippen MR) is 107 cm³/mol. The summed E-state index contributed by atoms with van der Waals surface area (Å²) < 4.78 is 5.93. The van der Waals surface area contributed by atoms with Gasteiger partial charge in [-0.05, 0) is 37.8 Å². The van der Waals surface area contributed by atoms with E-state index in [4.69, 9.17) is 16.3 Å². The van der Waals surface area contributed by atoms with E-state index in [-0.39, 0.29) is 16.6 Å². The smallest absolute Gasteiger partial charge is 0.340 e. The van der Waals surface area contributed by atoms with Gasteiger partial charge in [-0.3, -0.25) is 4.79 Å². The van der Waals surface area contributed by atoms with Crippen molar-refractivity contribution in [2.75, 3.05) is 25.5 Å². The van der Waals surface area contributed by atoms with Crippen LogP contribution in [0.5, 0.6) is 0 Å². The maximum absolute atomic E-state index is 12.8. The lowest BCUT2D eigenvalue weighted by Gasteiger charge is -2.32. The summed E-state index contributed by atoms with van der Waals surface area (Å²) in [4.78, 5) is 27.4. The van der Waals surface area contributed by atoms with E-state index in [9.17, 15) is 9.59 Å². The Morgan fingerprint density at radius 1 is 1.21 bits per heavy atom. The molecule has 0 amide bonds. The number of benzene rings is 1. The van der Waals surface area contributed by atoms with E-state index in [1.165, 1.54) is 20.0 Å². The van der Waals surface area contributed by atoms with E-state index in [1.54, 1.807) is 30.5 Å². The Morgan fingerprint density at radius 2 is 1.93 bits per heavy atom. The fraction of sp³-hybridized carbons (Fsp3) is 0.450. The van der Waals surface area contributed by atoms with Gasteiger partial charge in [0.25, 0.3) is 5.56 Å². The first-order chi connectivity index (χ1) is 13.6. The normalized spacial score (nSPS) is 18.1. The van der Waals surface area contributed by atoms with Gasteiger partial charge in [-0.15, -0.1) is 0 Å². The Balaban J connectivity index is 1.55. The molecule has 1 aliphatic heterocycles. The minimum Gasteiger partial charge on any atom is -0.465 e. The highest BCUT2D eigenvalue weighted by atomic mass is 35.5. The van der Waals surface area contributed by atoms with Gasteiger partial charge in [-0.2, -0.15) is 9.78 Å². The zero-order valence-electron chi connectivity index (χ0n) is 15.7. The highest BCUT2D eigenvalue weighted by Gasteiger charge is 2.32. The number of halogens is 1. The van der Waals surface area contributed by atoms with Crippen molar-refractivity contribution in [3.8, 4) is 5.69 Å². The molecule has 1 aromatic heterocycles. The Bertz CT molecular complexity index is 933. The lowest BCUT2D eigenvalue weighted by molar-refractivity contribution is 0.0600. The number of carbonyl (C=O) groups is 1. The average Bonchev–Trinajstić information content (AvgIpc) is 3.57. The molecule has 2 aromatic rings. The molecule has 8 heteroatoms. The molecule has 1 aromatic carbocycles. The zero-order valence-corrected chi connectivity index (χ0v) is 16.5. The van der Waals surface area contributed by atoms with Crippen LogP contribution in [0.25, 0.3) is 5.69 Å². The number of piperidine rings is 1. The molecule has 0 atom stereocenters. The van der Waals surface area contributed by atoms with Gasteiger partial charge in [-0.25, -0.2) is 4.79 Å². The van der Waals surface area contributed by atoms with E-state index in [0.717, 1.165) is 36.7 Å². The third-order valence-corrected chi connectivity index (χ3v) is 5.77. The van der Waals surface area contributed by atoms with E-state index in [1.807, 2.05) is 0 Å². The Labute approximate surface area is 168 Å². The summed E-state index contributed by atoms with van der Waals surface area (Å²) in [5.41, 5.74) is 0.649. The molecular weight excluding hydrogens is 380 g/mol. The van der Waals surface area contributed by atoms with Crippen LogP contribution < -0.4 is 10.9 Å². The number of ether oxygens (including phenoxy) is 1. The Morgan fingerprint density at radius 3 is 2.61 bits per heavy atom. The average molecular weight is 403 g/mol. The van der Waals surface area contributed by atoms with Crippen LogP contribution >= 0.6 is 11.6 Å². The number of hydrogen-bond donors (Lipinski definition) is 1. The van der Waals surface area contributed by atoms with Gasteiger partial charge in [-0.1, -0.05) is 23.7 Å². The summed E-state index contributed by atoms with van der Waals surface area (Å²) in [6, 6.07) is 7.70. The molecule has 2 heterocycles. The molecular formula is C20H23ClN4O3. The summed E-state index contributed by atoms with van der Waals surface area (Å²) in [5.74, 6) is -0.537. The number of rotatable bonds is 5. The van der Waals surface area contributed by atoms with Gasteiger partial charge in [0.15, 0.2) is 0 Å². The van der Waals surface area contributed by atoms with Crippen molar-refractivity contribution in [1.29, 1.82) is 0 Å². The lowest BCUT2D eigenvalue weighted by atomic mass is 10.0. The maximum atomic E-state index is 12.8. The number of anilines is 1. The number of aromatic nitrogens is 2. The topological polar surface area (TPSA) is 76.5 Å². The predicted octanol–water partition coefficient (Wildman–Crippen LogP) is 2.71. The summed E-state index contributed by atoms with van der Waals surface area (Å²) in [6.07, 6.45) is 6.21. The standard InChI is InChI=1S/C20H23ClN4O3/c1-28-20(27)15-4-2-3-5-17(15)25-19(26)18(21)16(12-22-25)23-13-8-10-24(11-9-13)14-6-7-14/h2-5,12-14,23H,6-11H2,1H3. The Kier molecular flexibility index (Phi) is 5.37. The first-order valence-electron chi connectivity index (χ1n) is 9.54. The molecule has 0 unspecified atom stereocenters. The van der Waals surface area contributed by atoms with E-state index < -0.39 is 11.5 Å². The van der Waals surface area contributed by atoms with Crippen molar-refractivity contribution in [2.45, 2.75) is 37.8 Å². The maximum Gasteiger partial charge on any atom is 0.340 e. The number of esters is 1. The van der Waals surface area contributed by atoms with Crippen LogP contribution in [-0.2, 0) is 4.74 Å². The minimum atomic E-state index is -0.537. The van der Waals surface area contributed by atoms with Crippen LogP contribution in [0.4, 0.5) is 5.69 Å². The minimum absolute atomic E-state index is 0.0688. The van der Waals surface area contributed by atoms with Crippen LogP contribution in [0, 0.1) is 0 Å². The van der Waals surface area contributed by atoms with E-state index in [2.05, 4.69) is 15.3 Å². The largest absolute Gasteiger partial charge is 0.465 e. The molecule has 0 spiro atoms. The van der Waals surface area contributed by atoms with Crippen molar-refractivity contribution < 1.29 is 9.53 Å². The van der Waals surface area contributed by atoms with Crippen molar-refractivity contribution in [2.24, 2.45) is 0 Å². The SMILES string of the molecule is COC(=O)c1ccccc1-n1ncc(NC2CCN(C3CC3)CC2)c(Cl)c1=O. The molecule has 1 saturated heterocycles. The molecule has 1 aliphatic carbocycles. The first kappa shape index (κ1) is 19.0. The molecule has 4 rings (SSSR count). The number of hydrogen-bond acceptors (Lipinski definition) is 6. The fourth-order valence-electron chi connectivity index (χ4n) is 3.71. The zero-order chi connectivity index (χ0) is 19.7. The number of likely N-dealkylation sites (tertiary alicyclic amines) is 1. The number of methoxy groups -OCH3 is 1. The van der Waals surface area contributed by atoms with Crippen LogP contribution in [0.15, 0.2) is 35.3 Å². The number of para-hydroxylation sites is 1. The molecule has 2 fully saturated rings. The molecule has 2 aliphatic rings. The van der Waals surface area contributed by atoms with Crippen molar-refractivity contribution in [1.82, 2.24) is 14.7 Å². The third kappa shape index (κ3) is 3.77. The van der Waals surface area contributed by atoms with Crippen molar-refractivity contribution in [3.63, 3.8) is 0 Å². The molecule has 7 nitrogen and oxygen atoms in total. The lowest BCUT2D eigenvalue weighted by Crippen LogP contribution is -2.40. The van der Waals surface area contributed by atoms with Gasteiger partial charge in [0.1, 0.15) is 5.02 Å². The molecule has 0 radical (unpaired) electrons. The highest BCUT2D eigenvalue weighted by Crippen LogP contribution is 2.30. The number of carbonyl (C=O) groups excluding carboxylic acids is 1. The van der Waals surface area contributed by atoms with Crippen molar-refractivity contribution in [3.05, 3.63) is 51.4 Å². The summed E-state index contributed by atoms with van der Waals surface area (Å²) in [7, 11) is 1.30. The van der Waals surface area contributed by atoms with Gasteiger partial charge >= 0.3 is 5.97 Å². The fourth-order valence-corrected chi connectivity index (χ4v) is 3.90. The van der Waals surface area contributed by atoms with Crippen LogP contribution in [-0.4, -0.2) is 52.9 Å². The number of nitrogens with zero attached hydrogens (tertiary/aromatic N) is 3. The monoisotopic (exact) mass is 402 g/mol. The summed E-state index contributed by atoms with van der Waals surface area (Å²) in [5, 5.41) is 7.68. The van der Waals surface area contributed by atoms with Crippen LogP contribution in [0.1, 0.15) is 36.0 Å². The second kappa shape index (κ2) is 7.93. The van der Waals surface area contributed by atoms with E-state index in [0.29, 0.717) is 11.4 Å². The molecule has 1 saturated carbocycles. The van der Waals surface area contributed by atoms with Gasteiger partial charge in [0.05, 0.1) is 30.2 Å². The Hall–Kier alpha value is -2.38. The van der Waals surface area contributed by atoms with Crippen LogP contribution in [0.2, 0.25) is 5.02 Å². The molecule has 148 valence electrons. The van der Waals surface area contributed by atoms with Crippen molar-refractivity contribution >= 4 is 23.3 Å². The highest BCUT2D eigenvalue weighted by molar-refractivity contribution is 6.33. The second-order valence-electron chi connectivity index (χ2n) is 7.28.